The van der Waals surface area contributed by atoms with Crippen molar-refractivity contribution in [1.29, 1.82) is 0 Å². The molecule has 1 aromatic rings. The standard InChI is InChI=1S/C19H26F3N3O/c20-3-4-24-7-12-9-25(10-13(12)8-24)15-6-18(23)19(26-11-15)16-5-14(21)1-2-17(16)22/h1-2,5,12-13,15,18-19H,3-4,6-11,23H2/t12?,13?,15-,18+,19-/m1/s1. The molecule has 3 fully saturated rings. The number of hydrogen-bond acceptors (Lipinski definition) is 4. The van der Waals surface area contributed by atoms with Gasteiger partial charge in [-0.15, -0.1) is 0 Å². The highest BCUT2D eigenvalue weighted by molar-refractivity contribution is 5.23. The van der Waals surface area contributed by atoms with Gasteiger partial charge in [-0.3, -0.25) is 4.90 Å². The molecule has 1 aromatic carbocycles. The summed E-state index contributed by atoms with van der Waals surface area (Å²) in [7, 11) is 0. The first-order valence-electron chi connectivity index (χ1n) is 9.39. The summed E-state index contributed by atoms with van der Waals surface area (Å²) >= 11 is 0. The number of benzene rings is 1. The van der Waals surface area contributed by atoms with E-state index < -0.39 is 17.7 Å². The molecule has 144 valence electrons. The third-order valence-corrected chi connectivity index (χ3v) is 6.17. The number of nitrogens with two attached hydrogens (primary N) is 1. The van der Waals surface area contributed by atoms with Gasteiger partial charge in [0.15, 0.2) is 0 Å². The highest BCUT2D eigenvalue weighted by Gasteiger charge is 2.43. The van der Waals surface area contributed by atoms with E-state index in [4.69, 9.17) is 10.5 Å². The molecule has 4 nitrogen and oxygen atoms in total. The second-order valence-electron chi connectivity index (χ2n) is 7.90. The Morgan fingerprint density at radius 3 is 2.50 bits per heavy atom. The Labute approximate surface area is 152 Å². The maximum Gasteiger partial charge on any atom is 0.129 e. The molecule has 2 N–H and O–H groups in total. The van der Waals surface area contributed by atoms with Crippen molar-refractivity contribution in [3.05, 3.63) is 35.4 Å². The predicted octanol–water partition coefficient (Wildman–Crippen LogP) is 1.96. The lowest BCUT2D eigenvalue weighted by molar-refractivity contribution is -0.0488. The lowest BCUT2D eigenvalue weighted by atomic mass is 9.93. The van der Waals surface area contributed by atoms with Gasteiger partial charge in [0.2, 0.25) is 0 Å². The summed E-state index contributed by atoms with van der Waals surface area (Å²) in [5.41, 5.74) is 6.48. The van der Waals surface area contributed by atoms with Crippen LogP contribution in [0.1, 0.15) is 18.1 Å². The summed E-state index contributed by atoms with van der Waals surface area (Å²) in [4.78, 5) is 4.62. The zero-order valence-corrected chi connectivity index (χ0v) is 14.8. The molecule has 0 bridgehead atoms. The summed E-state index contributed by atoms with van der Waals surface area (Å²) in [6.07, 6.45) is 0.0953. The van der Waals surface area contributed by atoms with E-state index in [1.807, 2.05) is 0 Å². The Balaban J connectivity index is 1.36. The van der Waals surface area contributed by atoms with Crippen LogP contribution in [-0.4, -0.2) is 67.9 Å². The van der Waals surface area contributed by atoms with Crippen LogP contribution in [0.15, 0.2) is 18.2 Å². The van der Waals surface area contributed by atoms with E-state index in [-0.39, 0.29) is 24.3 Å². The SMILES string of the molecule is N[C@H]1C[C@@H](N2CC3CN(CCF)CC3C2)CO[C@@H]1c1cc(F)ccc1F. The number of rotatable bonds is 4. The fourth-order valence-electron chi connectivity index (χ4n) is 4.88. The van der Waals surface area contributed by atoms with Crippen molar-refractivity contribution in [2.75, 3.05) is 46.0 Å². The van der Waals surface area contributed by atoms with Crippen molar-refractivity contribution in [1.82, 2.24) is 9.80 Å². The molecule has 2 unspecified atom stereocenters. The van der Waals surface area contributed by atoms with Gasteiger partial charge in [-0.2, -0.15) is 0 Å². The molecule has 0 aliphatic carbocycles. The third kappa shape index (κ3) is 3.50. The minimum Gasteiger partial charge on any atom is -0.370 e. The quantitative estimate of drug-likeness (QED) is 0.881. The molecule has 3 saturated heterocycles. The average Bonchev–Trinajstić information content (AvgIpc) is 3.16. The first-order valence-corrected chi connectivity index (χ1v) is 9.39. The number of likely N-dealkylation sites (tertiary alicyclic amines) is 2. The van der Waals surface area contributed by atoms with Crippen LogP contribution in [0.3, 0.4) is 0 Å². The Kier molecular flexibility index (Phi) is 5.23. The lowest BCUT2D eigenvalue weighted by Gasteiger charge is -2.39. The van der Waals surface area contributed by atoms with Crippen LogP contribution in [0.2, 0.25) is 0 Å². The van der Waals surface area contributed by atoms with E-state index in [2.05, 4.69) is 9.80 Å². The molecule has 3 aliphatic heterocycles. The van der Waals surface area contributed by atoms with E-state index in [1.54, 1.807) is 0 Å². The predicted molar refractivity (Wildman–Crippen MR) is 92.4 cm³/mol. The van der Waals surface area contributed by atoms with Crippen molar-refractivity contribution in [3.8, 4) is 0 Å². The van der Waals surface area contributed by atoms with Crippen LogP contribution in [-0.2, 0) is 4.74 Å². The molecular formula is C19H26F3N3O. The van der Waals surface area contributed by atoms with Gasteiger partial charge in [0.05, 0.1) is 6.61 Å². The normalized spacial score (nSPS) is 35.8. The van der Waals surface area contributed by atoms with E-state index in [0.29, 0.717) is 31.4 Å². The second-order valence-corrected chi connectivity index (χ2v) is 7.90. The summed E-state index contributed by atoms with van der Waals surface area (Å²) in [5, 5.41) is 0. The Bertz CT molecular complexity index is 632. The minimum atomic E-state index is -0.607. The van der Waals surface area contributed by atoms with Crippen LogP contribution in [0.5, 0.6) is 0 Å². The Morgan fingerprint density at radius 2 is 1.85 bits per heavy atom. The summed E-state index contributed by atoms with van der Waals surface area (Å²) in [6, 6.07) is 3.24. The molecule has 3 heterocycles. The maximum atomic E-state index is 14.0. The number of halogens is 3. The van der Waals surface area contributed by atoms with E-state index in [0.717, 1.165) is 38.3 Å². The molecule has 0 saturated carbocycles. The summed E-state index contributed by atoms with van der Waals surface area (Å²) in [6.45, 7) is 4.60. The van der Waals surface area contributed by atoms with Crippen LogP contribution in [0, 0.1) is 23.5 Å². The number of nitrogens with zero attached hydrogens (tertiary/aromatic N) is 2. The summed E-state index contributed by atoms with van der Waals surface area (Å²) in [5.74, 6) is 0.200. The van der Waals surface area contributed by atoms with Gasteiger partial charge < -0.3 is 15.4 Å². The first kappa shape index (κ1) is 18.2. The van der Waals surface area contributed by atoms with Gasteiger partial charge in [0.1, 0.15) is 24.4 Å². The largest absolute Gasteiger partial charge is 0.370 e. The second kappa shape index (κ2) is 7.46. The molecule has 3 aliphatic rings. The van der Waals surface area contributed by atoms with Crippen LogP contribution >= 0.6 is 0 Å². The smallest absolute Gasteiger partial charge is 0.129 e. The molecule has 5 atom stereocenters. The number of fused-ring (bicyclic) bond motifs is 1. The number of hydrogen-bond donors (Lipinski definition) is 1. The fourth-order valence-corrected chi connectivity index (χ4v) is 4.88. The van der Waals surface area contributed by atoms with Gasteiger partial charge in [-0.05, 0) is 36.5 Å². The molecule has 0 spiro atoms. The van der Waals surface area contributed by atoms with Gasteiger partial charge in [-0.25, -0.2) is 13.2 Å². The van der Waals surface area contributed by atoms with Gasteiger partial charge in [0, 0.05) is 50.4 Å². The molecule has 26 heavy (non-hydrogen) atoms. The maximum absolute atomic E-state index is 14.0. The molecule has 4 rings (SSSR count). The first-order chi connectivity index (χ1) is 12.5. The highest BCUT2D eigenvalue weighted by Crippen LogP contribution is 2.36. The van der Waals surface area contributed by atoms with Crippen LogP contribution in [0.4, 0.5) is 13.2 Å². The van der Waals surface area contributed by atoms with Crippen LogP contribution < -0.4 is 5.73 Å². The minimum absolute atomic E-state index is 0.205. The van der Waals surface area contributed by atoms with Gasteiger partial charge in [0.25, 0.3) is 0 Å². The molecular weight excluding hydrogens is 343 g/mol. The average molecular weight is 369 g/mol. The van der Waals surface area contributed by atoms with E-state index in [9.17, 15) is 13.2 Å². The van der Waals surface area contributed by atoms with Crippen molar-refractivity contribution in [2.24, 2.45) is 17.6 Å². The van der Waals surface area contributed by atoms with Crippen molar-refractivity contribution < 1.29 is 17.9 Å². The topological polar surface area (TPSA) is 41.7 Å². The lowest BCUT2D eigenvalue weighted by Crippen LogP contribution is -2.49. The molecule has 0 amide bonds. The number of ether oxygens (including phenoxy) is 1. The highest BCUT2D eigenvalue weighted by atomic mass is 19.1. The Morgan fingerprint density at radius 1 is 1.12 bits per heavy atom. The number of alkyl halides is 1. The summed E-state index contributed by atoms with van der Waals surface area (Å²) < 4.78 is 45.9. The van der Waals surface area contributed by atoms with Crippen molar-refractivity contribution in [2.45, 2.75) is 24.6 Å². The zero-order chi connectivity index (χ0) is 18.3. The third-order valence-electron chi connectivity index (χ3n) is 6.17. The monoisotopic (exact) mass is 369 g/mol. The zero-order valence-electron chi connectivity index (χ0n) is 14.8. The van der Waals surface area contributed by atoms with Gasteiger partial charge >= 0.3 is 0 Å². The fraction of sp³-hybridized carbons (Fsp3) is 0.684. The molecule has 0 aromatic heterocycles. The van der Waals surface area contributed by atoms with Crippen molar-refractivity contribution >= 4 is 0 Å². The van der Waals surface area contributed by atoms with Crippen LogP contribution in [0.25, 0.3) is 0 Å². The van der Waals surface area contributed by atoms with Crippen molar-refractivity contribution in [3.63, 3.8) is 0 Å². The van der Waals surface area contributed by atoms with Gasteiger partial charge in [-0.1, -0.05) is 0 Å². The van der Waals surface area contributed by atoms with E-state index >= 15 is 0 Å². The molecule has 7 heteroatoms. The van der Waals surface area contributed by atoms with E-state index in [1.165, 1.54) is 6.07 Å². The Hall–Kier alpha value is -1.15. The molecule has 0 radical (unpaired) electrons.